The fraction of sp³-hybridized carbons (Fsp3) is 0.750. The van der Waals surface area contributed by atoms with Gasteiger partial charge in [-0.2, -0.15) is 0 Å². The highest BCUT2D eigenvalue weighted by molar-refractivity contribution is 4.93. The maximum atomic E-state index is 3.08. The lowest BCUT2D eigenvalue weighted by atomic mass is 9.85. The summed E-state index contributed by atoms with van der Waals surface area (Å²) in [6.45, 7) is 1.02. The van der Waals surface area contributed by atoms with E-state index in [1.807, 2.05) is 7.05 Å². The molecule has 0 aromatic carbocycles. The van der Waals surface area contributed by atoms with Crippen molar-refractivity contribution < 1.29 is 0 Å². The lowest BCUT2D eigenvalue weighted by molar-refractivity contribution is 0.387. The minimum Gasteiger partial charge on any atom is -0.316 e. The first-order valence-electron chi connectivity index (χ1n) is 3.74. The Balaban J connectivity index is 2.00. The Morgan fingerprint density at radius 2 is 2.33 bits per heavy atom. The van der Waals surface area contributed by atoms with E-state index in [1.165, 1.54) is 19.3 Å². The number of likely N-dealkylation sites (N-methyl/N-ethyl adjacent to an activating group) is 1. The van der Waals surface area contributed by atoms with Crippen LogP contribution >= 0.6 is 0 Å². The minimum absolute atomic E-state index is 0.915. The Hall–Kier alpha value is -0.300. The molecular formula is C8H15N. The van der Waals surface area contributed by atoms with E-state index >= 15 is 0 Å². The summed E-state index contributed by atoms with van der Waals surface area (Å²) in [5, 5.41) is 3.08. The first-order valence-corrected chi connectivity index (χ1v) is 3.74. The molecule has 1 saturated carbocycles. The van der Waals surface area contributed by atoms with Crippen molar-refractivity contribution in [3.63, 3.8) is 0 Å². The van der Waals surface area contributed by atoms with Crippen LogP contribution in [0.15, 0.2) is 12.2 Å². The van der Waals surface area contributed by atoms with Crippen molar-refractivity contribution in [2.24, 2.45) is 5.92 Å². The van der Waals surface area contributed by atoms with Crippen molar-refractivity contribution in [3.05, 3.63) is 12.2 Å². The van der Waals surface area contributed by atoms with E-state index in [1.54, 1.807) is 0 Å². The molecule has 1 aliphatic carbocycles. The van der Waals surface area contributed by atoms with E-state index in [9.17, 15) is 0 Å². The van der Waals surface area contributed by atoms with Crippen LogP contribution in [0.5, 0.6) is 0 Å². The molecule has 0 atom stereocenters. The molecule has 1 N–H and O–H groups in total. The van der Waals surface area contributed by atoms with Crippen LogP contribution in [-0.2, 0) is 0 Å². The monoisotopic (exact) mass is 125 g/mol. The molecule has 0 amide bonds. The normalized spacial score (nSPS) is 20.6. The van der Waals surface area contributed by atoms with Crippen molar-refractivity contribution in [1.82, 2.24) is 5.32 Å². The summed E-state index contributed by atoms with van der Waals surface area (Å²) >= 11 is 0. The molecule has 9 heavy (non-hydrogen) atoms. The number of hydrogen-bond donors (Lipinski definition) is 1. The van der Waals surface area contributed by atoms with Crippen LogP contribution in [0.3, 0.4) is 0 Å². The predicted molar refractivity (Wildman–Crippen MR) is 40.4 cm³/mol. The summed E-state index contributed by atoms with van der Waals surface area (Å²) in [5.41, 5.74) is 0. The van der Waals surface area contributed by atoms with Gasteiger partial charge >= 0.3 is 0 Å². The quantitative estimate of drug-likeness (QED) is 0.564. The highest BCUT2D eigenvalue weighted by Crippen LogP contribution is 2.26. The molecule has 0 heterocycles. The van der Waals surface area contributed by atoms with E-state index < -0.39 is 0 Å². The Bertz CT molecular complexity index is 92.7. The Morgan fingerprint density at radius 1 is 1.56 bits per heavy atom. The van der Waals surface area contributed by atoms with E-state index in [0.717, 1.165) is 12.5 Å². The Morgan fingerprint density at radius 3 is 2.78 bits per heavy atom. The third-order valence-electron chi connectivity index (χ3n) is 1.88. The Labute approximate surface area is 57.1 Å². The van der Waals surface area contributed by atoms with Crippen LogP contribution in [0, 0.1) is 5.92 Å². The van der Waals surface area contributed by atoms with Crippen molar-refractivity contribution >= 4 is 0 Å². The Kier molecular flexibility index (Phi) is 2.78. The van der Waals surface area contributed by atoms with E-state index in [4.69, 9.17) is 0 Å². The lowest BCUT2D eigenvalue weighted by Gasteiger charge is -2.21. The zero-order chi connectivity index (χ0) is 6.53. The van der Waals surface area contributed by atoms with Crippen LogP contribution in [-0.4, -0.2) is 13.6 Å². The van der Waals surface area contributed by atoms with Crippen LogP contribution in [0.25, 0.3) is 0 Å². The van der Waals surface area contributed by atoms with Crippen LogP contribution < -0.4 is 5.32 Å². The molecule has 0 aromatic heterocycles. The van der Waals surface area contributed by atoms with E-state index in [2.05, 4.69) is 17.5 Å². The first-order chi connectivity index (χ1) is 4.43. The molecule has 0 aliphatic heterocycles. The number of rotatable bonds is 3. The average Bonchev–Trinajstić information content (AvgIpc) is 1.76. The van der Waals surface area contributed by atoms with Crippen LogP contribution in [0.2, 0.25) is 0 Å². The molecule has 1 rings (SSSR count). The average molecular weight is 125 g/mol. The van der Waals surface area contributed by atoms with Gasteiger partial charge in [0, 0.05) is 6.54 Å². The van der Waals surface area contributed by atoms with Crippen molar-refractivity contribution in [2.45, 2.75) is 19.3 Å². The third-order valence-corrected chi connectivity index (χ3v) is 1.88. The topological polar surface area (TPSA) is 12.0 Å². The highest BCUT2D eigenvalue weighted by Gasteiger charge is 2.12. The number of nitrogens with one attached hydrogen (secondary N) is 1. The van der Waals surface area contributed by atoms with Gasteiger partial charge in [0.25, 0.3) is 0 Å². The van der Waals surface area contributed by atoms with Gasteiger partial charge in [-0.3, -0.25) is 0 Å². The lowest BCUT2D eigenvalue weighted by Crippen LogP contribution is -2.09. The molecule has 52 valence electrons. The van der Waals surface area contributed by atoms with E-state index in [0.29, 0.717) is 0 Å². The molecule has 0 unspecified atom stereocenters. The van der Waals surface area contributed by atoms with Gasteiger partial charge in [-0.1, -0.05) is 18.6 Å². The molecule has 0 bridgehead atoms. The van der Waals surface area contributed by atoms with Gasteiger partial charge in [0.05, 0.1) is 0 Å². The number of allylic oxidation sites excluding steroid dienone is 1. The molecule has 1 fully saturated rings. The fourth-order valence-electron chi connectivity index (χ4n) is 1.01. The SMILES string of the molecule is CNCC=CC1CCC1. The summed E-state index contributed by atoms with van der Waals surface area (Å²) in [4.78, 5) is 0. The van der Waals surface area contributed by atoms with Gasteiger partial charge in [0.15, 0.2) is 0 Å². The second kappa shape index (κ2) is 3.67. The predicted octanol–water partition coefficient (Wildman–Crippen LogP) is 1.56. The molecular weight excluding hydrogens is 110 g/mol. The summed E-state index contributed by atoms with van der Waals surface area (Å²) in [6.07, 6.45) is 8.83. The van der Waals surface area contributed by atoms with Crippen molar-refractivity contribution in [3.8, 4) is 0 Å². The maximum absolute atomic E-state index is 3.08. The third kappa shape index (κ3) is 2.19. The second-order valence-electron chi connectivity index (χ2n) is 2.68. The largest absolute Gasteiger partial charge is 0.316 e. The molecule has 1 aliphatic rings. The van der Waals surface area contributed by atoms with Crippen LogP contribution in [0.1, 0.15) is 19.3 Å². The zero-order valence-electron chi connectivity index (χ0n) is 6.06. The fourth-order valence-corrected chi connectivity index (χ4v) is 1.01. The maximum Gasteiger partial charge on any atom is 0.0131 e. The van der Waals surface area contributed by atoms with E-state index in [-0.39, 0.29) is 0 Å². The molecule has 0 radical (unpaired) electrons. The summed E-state index contributed by atoms with van der Waals surface area (Å²) in [5.74, 6) is 0.915. The first kappa shape index (κ1) is 6.81. The molecule has 0 spiro atoms. The van der Waals surface area contributed by atoms with Gasteiger partial charge in [-0.15, -0.1) is 0 Å². The molecule has 1 nitrogen and oxygen atoms in total. The van der Waals surface area contributed by atoms with Gasteiger partial charge < -0.3 is 5.32 Å². The molecule has 0 saturated heterocycles. The highest BCUT2D eigenvalue weighted by atomic mass is 14.8. The summed E-state index contributed by atoms with van der Waals surface area (Å²) in [7, 11) is 1.98. The molecule has 0 aromatic rings. The van der Waals surface area contributed by atoms with Gasteiger partial charge in [-0.25, -0.2) is 0 Å². The molecule has 1 heteroatoms. The van der Waals surface area contributed by atoms with Crippen LogP contribution in [0.4, 0.5) is 0 Å². The minimum atomic E-state index is 0.915. The second-order valence-corrected chi connectivity index (χ2v) is 2.68. The number of hydrogen-bond acceptors (Lipinski definition) is 1. The standard InChI is InChI=1S/C8H15N/c1-9-7-3-6-8-4-2-5-8/h3,6,8-9H,2,4-5,7H2,1H3. The summed E-state index contributed by atoms with van der Waals surface area (Å²) < 4.78 is 0. The zero-order valence-corrected chi connectivity index (χ0v) is 6.06. The van der Waals surface area contributed by atoms with Gasteiger partial charge in [-0.05, 0) is 25.8 Å². The van der Waals surface area contributed by atoms with Gasteiger partial charge in [0.1, 0.15) is 0 Å². The smallest absolute Gasteiger partial charge is 0.0131 e. The van der Waals surface area contributed by atoms with Crippen molar-refractivity contribution in [1.29, 1.82) is 0 Å². The van der Waals surface area contributed by atoms with Crippen molar-refractivity contribution in [2.75, 3.05) is 13.6 Å². The summed E-state index contributed by atoms with van der Waals surface area (Å²) in [6, 6.07) is 0. The van der Waals surface area contributed by atoms with Gasteiger partial charge in [0.2, 0.25) is 0 Å².